The Morgan fingerprint density at radius 2 is 1.65 bits per heavy atom. The number of fused-ring (bicyclic) bond motifs is 1. The van der Waals surface area contributed by atoms with Crippen LogP contribution in [0, 0.1) is 12.4 Å². The van der Waals surface area contributed by atoms with E-state index in [-0.39, 0.29) is 5.82 Å². The van der Waals surface area contributed by atoms with Crippen molar-refractivity contribution in [1.82, 2.24) is 9.97 Å². The molecule has 0 aliphatic rings. The van der Waals surface area contributed by atoms with E-state index < -0.39 is 0 Å². The van der Waals surface area contributed by atoms with Crippen molar-refractivity contribution in [3.05, 3.63) is 77.9 Å². The molecule has 0 saturated heterocycles. The molecular formula is C21H14FN3O. The number of methoxy groups -OCH3 is 1. The number of hydrogen-bond acceptors (Lipinski definition) is 2. The fourth-order valence-corrected chi connectivity index (χ4v) is 2.99. The standard InChI is InChI=1S/C21H14FN3O/c1-23-18-12-11-17-21(25-18)19(13-3-7-15(22)8-4-13)20(24-17)14-5-9-16(26-2)10-6-14/h3-12,24H,2H3. The number of nitrogens with one attached hydrogen (secondary N) is 1. The number of ether oxygens (including phenoxy) is 1. The summed E-state index contributed by atoms with van der Waals surface area (Å²) < 4.78 is 18.6. The maximum absolute atomic E-state index is 13.4. The van der Waals surface area contributed by atoms with Crippen LogP contribution in [0.5, 0.6) is 5.75 Å². The smallest absolute Gasteiger partial charge is 0.270 e. The minimum Gasteiger partial charge on any atom is -0.497 e. The second-order valence-electron chi connectivity index (χ2n) is 5.79. The number of pyridine rings is 1. The Kier molecular flexibility index (Phi) is 3.86. The molecule has 0 saturated carbocycles. The van der Waals surface area contributed by atoms with Gasteiger partial charge < -0.3 is 14.6 Å². The van der Waals surface area contributed by atoms with Crippen LogP contribution in [-0.2, 0) is 0 Å². The lowest BCUT2D eigenvalue weighted by Gasteiger charge is -2.06. The summed E-state index contributed by atoms with van der Waals surface area (Å²) in [7, 11) is 1.62. The lowest BCUT2D eigenvalue weighted by Crippen LogP contribution is -1.86. The first-order chi connectivity index (χ1) is 12.7. The molecule has 1 N–H and O–H groups in total. The first-order valence-electron chi connectivity index (χ1n) is 8.00. The molecule has 2 heterocycles. The highest BCUT2D eigenvalue weighted by molar-refractivity contribution is 6.02. The van der Waals surface area contributed by atoms with E-state index in [1.54, 1.807) is 25.3 Å². The average Bonchev–Trinajstić information content (AvgIpc) is 3.07. The highest BCUT2D eigenvalue weighted by atomic mass is 19.1. The van der Waals surface area contributed by atoms with Crippen LogP contribution >= 0.6 is 0 Å². The SMILES string of the molecule is [C-]#[N+]c1ccc2[nH]c(-c3ccc(OC)cc3)c(-c3ccc(F)cc3)c2n1. The minimum absolute atomic E-state index is 0.297. The van der Waals surface area contributed by atoms with Gasteiger partial charge in [0.25, 0.3) is 5.82 Å². The fourth-order valence-electron chi connectivity index (χ4n) is 2.99. The summed E-state index contributed by atoms with van der Waals surface area (Å²) >= 11 is 0. The van der Waals surface area contributed by atoms with Gasteiger partial charge in [-0.15, -0.1) is 4.98 Å². The number of aromatic nitrogens is 2. The molecule has 4 rings (SSSR count). The third-order valence-electron chi connectivity index (χ3n) is 4.25. The highest BCUT2D eigenvalue weighted by Gasteiger charge is 2.19. The van der Waals surface area contributed by atoms with Gasteiger partial charge in [0.15, 0.2) is 5.52 Å². The molecule has 0 aliphatic carbocycles. The lowest BCUT2D eigenvalue weighted by molar-refractivity contribution is 0.415. The Morgan fingerprint density at radius 3 is 2.31 bits per heavy atom. The molecular weight excluding hydrogens is 329 g/mol. The van der Waals surface area contributed by atoms with Gasteiger partial charge in [0.1, 0.15) is 11.6 Å². The van der Waals surface area contributed by atoms with Crippen LogP contribution < -0.4 is 4.74 Å². The minimum atomic E-state index is -0.297. The van der Waals surface area contributed by atoms with Crippen molar-refractivity contribution in [1.29, 1.82) is 0 Å². The second-order valence-corrected chi connectivity index (χ2v) is 5.79. The lowest BCUT2D eigenvalue weighted by atomic mass is 10.0. The molecule has 0 amide bonds. The molecule has 0 fully saturated rings. The van der Waals surface area contributed by atoms with Crippen LogP contribution in [0.3, 0.4) is 0 Å². The molecule has 0 atom stereocenters. The number of benzene rings is 2. The third kappa shape index (κ3) is 2.68. The Hall–Kier alpha value is -3.65. The molecule has 0 spiro atoms. The number of hydrogen-bond donors (Lipinski definition) is 1. The van der Waals surface area contributed by atoms with Crippen molar-refractivity contribution < 1.29 is 9.13 Å². The molecule has 0 unspecified atom stereocenters. The molecule has 2 aromatic heterocycles. The molecule has 0 bridgehead atoms. The molecule has 126 valence electrons. The Morgan fingerprint density at radius 1 is 0.962 bits per heavy atom. The zero-order valence-electron chi connectivity index (χ0n) is 14.0. The normalized spacial score (nSPS) is 10.7. The van der Waals surface area contributed by atoms with Crippen molar-refractivity contribution in [2.75, 3.05) is 7.11 Å². The van der Waals surface area contributed by atoms with E-state index in [0.717, 1.165) is 33.7 Å². The number of aromatic amines is 1. The molecule has 4 nitrogen and oxygen atoms in total. The van der Waals surface area contributed by atoms with E-state index in [0.29, 0.717) is 11.3 Å². The van der Waals surface area contributed by atoms with Crippen LogP contribution in [0.2, 0.25) is 0 Å². The summed E-state index contributed by atoms with van der Waals surface area (Å²) in [6, 6.07) is 17.5. The van der Waals surface area contributed by atoms with E-state index in [2.05, 4.69) is 14.8 Å². The quantitative estimate of drug-likeness (QED) is 0.492. The Labute approximate surface area is 149 Å². The van der Waals surface area contributed by atoms with Gasteiger partial charge in [0.2, 0.25) is 0 Å². The first kappa shape index (κ1) is 15.9. The van der Waals surface area contributed by atoms with Gasteiger partial charge in [0.05, 0.1) is 23.9 Å². The monoisotopic (exact) mass is 343 g/mol. The zero-order valence-corrected chi connectivity index (χ0v) is 14.0. The van der Waals surface area contributed by atoms with Gasteiger partial charge in [-0.2, -0.15) is 0 Å². The summed E-state index contributed by atoms with van der Waals surface area (Å²) in [6.07, 6.45) is 0. The van der Waals surface area contributed by atoms with Crippen molar-refractivity contribution >= 4 is 16.9 Å². The second kappa shape index (κ2) is 6.34. The van der Waals surface area contributed by atoms with Crippen LogP contribution in [0.1, 0.15) is 0 Å². The van der Waals surface area contributed by atoms with Gasteiger partial charge in [-0.05, 0) is 59.7 Å². The number of nitrogens with zero attached hydrogens (tertiary/aromatic N) is 2. The third-order valence-corrected chi connectivity index (χ3v) is 4.25. The first-order valence-corrected chi connectivity index (χ1v) is 8.00. The van der Waals surface area contributed by atoms with E-state index in [4.69, 9.17) is 11.3 Å². The van der Waals surface area contributed by atoms with Gasteiger partial charge in [-0.25, -0.2) is 4.39 Å². The van der Waals surface area contributed by atoms with Crippen molar-refractivity contribution in [2.24, 2.45) is 0 Å². The van der Waals surface area contributed by atoms with E-state index in [1.807, 2.05) is 30.3 Å². The topological polar surface area (TPSA) is 42.3 Å². The summed E-state index contributed by atoms with van der Waals surface area (Å²) in [5.41, 5.74) is 5.00. The van der Waals surface area contributed by atoms with E-state index in [9.17, 15) is 4.39 Å². The largest absolute Gasteiger partial charge is 0.497 e. The Balaban J connectivity index is 2.00. The summed E-state index contributed by atoms with van der Waals surface area (Å²) in [5.74, 6) is 0.789. The molecule has 0 aliphatic heterocycles. The summed E-state index contributed by atoms with van der Waals surface area (Å²) in [4.78, 5) is 11.3. The van der Waals surface area contributed by atoms with Crippen LogP contribution in [-0.4, -0.2) is 17.1 Å². The van der Waals surface area contributed by atoms with E-state index >= 15 is 0 Å². The molecule has 5 heteroatoms. The highest BCUT2D eigenvalue weighted by Crippen LogP contribution is 2.38. The van der Waals surface area contributed by atoms with Gasteiger partial charge in [-0.1, -0.05) is 18.7 Å². The maximum Gasteiger partial charge on any atom is 0.270 e. The summed E-state index contributed by atoms with van der Waals surface area (Å²) in [5, 5.41) is 0. The fraction of sp³-hybridized carbons (Fsp3) is 0.0476. The summed E-state index contributed by atoms with van der Waals surface area (Å²) in [6.45, 7) is 7.23. The van der Waals surface area contributed by atoms with Crippen molar-refractivity contribution in [3.63, 3.8) is 0 Å². The molecule has 26 heavy (non-hydrogen) atoms. The zero-order chi connectivity index (χ0) is 18.1. The van der Waals surface area contributed by atoms with Crippen LogP contribution in [0.25, 0.3) is 38.3 Å². The van der Waals surface area contributed by atoms with Gasteiger partial charge in [-0.3, -0.25) is 0 Å². The van der Waals surface area contributed by atoms with Crippen LogP contribution in [0.15, 0.2) is 60.7 Å². The van der Waals surface area contributed by atoms with E-state index in [1.165, 1.54) is 12.1 Å². The maximum atomic E-state index is 13.4. The predicted molar refractivity (Wildman–Crippen MR) is 99.7 cm³/mol. The number of rotatable bonds is 3. The number of H-pyrrole nitrogens is 1. The molecule has 2 aromatic carbocycles. The van der Waals surface area contributed by atoms with Crippen molar-refractivity contribution in [2.45, 2.75) is 0 Å². The molecule has 0 radical (unpaired) electrons. The molecule has 4 aromatic rings. The van der Waals surface area contributed by atoms with Gasteiger partial charge in [0, 0.05) is 0 Å². The predicted octanol–water partition coefficient (Wildman–Crippen LogP) is 5.60. The van der Waals surface area contributed by atoms with Gasteiger partial charge >= 0.3 is 0 Å². The van der Waals surface area contributed by atoms with Crippen molar-refractivity contribution in [3.8, 4) is 28.1 Å². The average molecular weight is 343 g/mol. The van der Waals surface area contributed by atoms with Crippen LogP contribution in [0.4, 0.5) is 10.2 Å². The number of halogens is 1. The Bertz CT molecular complexity index is 1120.